The highest BCUT2D eigenvalue weighted by molar-refractivity contribution is 5.71. The fourth-order valence-corrected chi connectivity index (χ4v) is 7.60. The minimum Gasteiger partial charge on any atom is -0.462 e. The summed E-state index contributed by atoms with van der Waals surface area (Å²) in [6, 6.07) is 0. The summed E-state index contributed by atoms with van der Waals surface area (Å²) in [6.07, 6.45) is 76.7. The molecule has 0 N–H and O–H groups in total. The van der Waals surface area contributed by atoms with Crippen molar-refractivity contribution < 1.29 is 28.6 Å². The smallest absolute Gasteiger partial charge is 0.306 e. The van der Waals surface area contributed by atoms with Crippen LogP contribution in [0.15, 0.2) is 109 Å². The van der Waals surface area contributed by atoms with Gasteiger partial charge in [-0.05, 0) is 89.9 Å². The first-order valence-electron chi connectivity index (χ1n) is 28.4. The standard InChI is InChI=1S/C63H104O6/c1-4-7-10-13-16-19-22-25-26-27-28-29-30-31-32-33-34-35-36-39-41-44-47-50-53-56-62(65)68-59-60(69-63(66)57-54-51-48-45-42-38-24-21-18-15-12-9-6-3)58-67-61(64)55-52-49-46-43-40-37-23-20-17-14-11-8-5-2/h7,9-10,12,16,18-19,21,25-26,28-29,31-32,38,42,48,51,60H,4-6,8,11,13-15,17,20,22-24,27,30,33-37,39-41,43-47,49-50,52-59H2,1-3H3/b10-7-,12-9-,19-16-,21-18-,26-25-,29-28-,32-31-,42-38-,51-48-. The predicted molar refractivity (Wildman–Crippen MR) is 297 cm³/mol. The van der Waals surface area contributed by atoms with Gasteiger partial charge in [-0.1, -0.05) is 252 Å². The molecule has 69 heavy (non-hydrogen) atoms. The number of carbonyl (C=O) groups excluding carboxylic acids is 3. The molecule has 0 saturated carbocycles. The van der Waals surface area contributed by atoms with Gasteiger partial charge in [0, 0.05) is 19.3 Å². The van der Waals surface area contributed by atoms with Crippen LogP contribution in [0, 0.1) is 0 Å². The molecule has 6 heteroatoms. The maximum atomic E-state index is 12.8. The second-order valence-corrected chi connectivity index (χ2v) is 18.4. The maximum absolute atomic E-state index is 12.8. The predicted octanol–water partition coefficient (Wildman–Crippen LogP) is 19.1. The Hall–Kier alpha value is -3.93. The van der Waals surface area contributed by atoms with Crippen LogP contribution in [0.25, 0.3) is 0 Å². The topological polar surface area (TPSA) is 78.9 Å². The lowest BCUT2D eigenvalue weighted by Gasteiger charge is -2.18. The molecule has 0 radical (unpaired) electrons. The average Bonchev–Trinajstić information content (AvgIpc) is 3.35. The summed E-state index contributed by atoms with van der Waals surface area (Å²) in [5.41, 5.74) is 0. The molecule has 0 aliphatic heterocycles. The van der Waals surface area contributed by atoms with E-state index in [0.29, 0.717) is 19.3 Å². The van der Waals surface area contributed by atoms with Crippen molar-refractivity contribution >= 4 is 17.9 Å². The van der Waals surface area contributed by atoms with Crippen molar-refractivity contribution in [3.8, 4) is 0 Å². The average molecular weight is 958 g/mol. The molecular weight excluding hydrogens is 853 g/mol. The molecular formula is C63H104O6. The van der Waals surface area contributed by atoms with Gasteiger partial charge in [-0.2, -0.15) is 0 Å². The van der Waals surface area contributed by atoms with E-state index in [2.05, 4.69) is 118 Å². The molecule has 1 unspecified atom stereocenters. The summed E-state index contributed by atoms with van der Waals surface area (Å²) in [5, 5.41) is 0. The Labute approximate surface area is 425 Å². The highest BCUT2D eigenvalue weighted by atomic mass is 16.6. The highest BCUT2D eigenvalue weighted by Gasteiger charge is 2.19. The molecule has 0 aromatic carbocycles. The van der Waals surface area contributed by atoms with Crippen molar-refractivity contribution in [2.75, 3.05) is 13.2 Å². The van der Waals surface area contributed by atoms with Crippen molar-refractivity contribution in [1.82, 2.24) is 0 Å². The summed E-state index contributed by atoms with van der Waals surface area (Å²) in [7, 11) is 0. The number of hydrogen-bond donors (Lipinski definition) is 0. The Bertz CT molecular complexity index is 1420. The monoisotopic (exact) mass is 957 g/mol. The number of hydrogen-bond acceptors (Lipinski definition) is 6. The van der Waals surface area contributed by atoms with Crippen LogP contribution in [0.2, 0.25) is 0 Å². The summed E-state index contributed by atoms with van der Waals surface area (Å²) in [6.45, 7) is 6.34. The van der Waals surface area contributed by atoms with Crippen molar-refractivity contribution in [3.05, 3.63) is 109 Å². The third-order valence-electron chi connectivity index (χ3n) is 11.8. The normalized spacial score (nSPS) is 12.9. The Morgan fingerprint density at radius 3 is 0.942 bits per heavy atom. The van der Waals surface area contributed by atoms with E-state index in [1.807, 2.05) is 12.2 Å². The second-order valence-electron chi connectivity index (χ2n) is 18.4. The zero-order valence-electron chi connectivity index (χ0n) is 44.8. The van der Waals surface area contributed by atoms with E-state index in [9.17, 15) is 14.4 Å². The molecule has 0 spiro atoms. The van der Waals surface area contributed by atoms with Crippen molar-refractivity contribution in [1.29, 1.82) is 0 Å². The van der Waals surface area contributed by atoms with Gasteiger partial charge in [-0.25, -0.2) is 0 Å². The van der Waals surface area contributed by atoms with Gasteiger partial charge < -0.3 is 14.2 Å². The Balaban J connectivity index is 4.36. The molecule has 1 atom stereocenters. The molecule has 0 rings (SSSR count). The molecule has 6 nitrogen and oxygen atoms in total. The van der Waals surface area contributed by atoms with Crippen molar-refractivity contribution in [2.24, 2.45) is 0 Å². The van der Waals surface area contributed by atoms with Crippen LogP contribution in [-0.2, 0) is 28.6 Å². The van der Waals surface area contributed by atoms with Gasteiger partial charge in [0.15, 0.2) is 6.10 Å². The molecule has 0 bridgehead atoms. The summed E-state index contributed by atoms with van der Waals surface area (Å²) >= 11 is 0. The number of allylic oxidation sites excluding steroid dienone is 18. The first-order valence-corrected chi connectivity index (χ1v) is 28.4. The summed E-state index contributed by atoms with van der Waals surface area (Å²) < 4.78 is 16.8. The van der Waals surface area contributed by atoms with Crippen LogP contribution < -0.4 is 0 Å². The molecule has 0 heterocycles. The minimum atomic E-state index is -0.818. The van der Waals surface area contributed by atoms with Gasteiger partial charge in [-0.3, -0.25) is 14.4 Å². The summed E-state index contributed by atoms with van der Waals surface area (Å²) in [4.78, 5) is 38.0. The molecule has 392 valence electrons. The lowest BCUT2D eigenvalue weighted by Crippen LogP contribution is -2.30. The van der Waals surface area contributed by atoms with Crippen LogP contribution in [0.3, 0.4) is 0 Å². The first kappa shape index (κ1) is 65.1. The lowest BCUT2D eigenvalue weighted by molar-refractivity contribution is -0.166. The fraction of sp³-hybridized carbons (Fsp3) is 0.667. The second kappa shape index (κ2) is 56.7. The lowest BCUT2D eigenvalue weighted by atomic mass is 10.0. The van der Waals surface area contributed by atoms with E-state index in [4.69, 9.17) is 14.2 Å². The Morgan fingerprint density at radius 2 is 0.594 bits per heavy atom. The molecule has 0 aliphatic rings. The number of unbranched alkanes of at least 4 members (excludes halogenated alkanes) is 21. The number of carbonyl (C=O) groups is 3. The van der Waals surface area contributed by atoms with Gasteiger partial charge in [-0.15, -0.1) is 0 Å². The molecule has 0 aromatic rings. The zero-order chi connectivity index (χ0) is 50.0. The fourth-order valence-electron chi connectivity index (χ4n) is 7.60. The maximum Gasteiger partial charge on any atom is 0.306 e. The van der Waals surface area contributed by atoms with Gasteiger partial charge in [0.05, 0.1) is 0 Å². The first-order chi connectivity index (χ1) is 34.0. The van der Waals surface area contributed by atoms with E-state index < -0.39 is 12.1 Å². The number of rotatable bonds is 50. The van der Waals surface area contributed by atoms with Crippen molar-refractivity contribution in [2.45, 2.75) is 258 Å². The van der Waals surface area contributed by atoms with Crippen LogP contribution >= 0.6 is 0 Å². The van der Waals surface area contributed by atoms with Crippen LogP contribution in [0.4, 0.5) is 0 Å². The minimum absolute atomic E-state index is 0.107. The van der Waals surface area contributed by atoms with E-state index in [0.717, 1.165) is 103 Å². The van der Waals surface area contributed by atoms with Crippen molar-refractivity contribution in [3.63, 3.8) is 0 Å². The van der Waals surface area contributed by atoms with Crippen LogP contribution in [-0.4, -0.2) is 37.2 Å². The number of ether oxygens (including phenoxy) is 3. The van der Waals surface area contributed by atoms with Gasteiger partial charge >= 0.3 is 17.9 Å². The zero-order valence-corrected chi connectivity index (χ0v) is 44.8. The van der Waals surface area contributed by atoms with Gasteiger partial charge in [0.1, 0.15) is 13.2 Å². The van der Waals surface area contributed by atoms with E-state index >= 15 is 0 Å². The van der Waals surface area contributed by atoms with Gasteiger partial charge in [0.25, 0.3) is 0 Å². The van der Waals surface area contributed by atoms with E-state index in [-0.39, 0.29) is 31.6 Å². The third kappa shape index (κ3) is 54.9. The largest absolute Gasteiger partial charge is 0.462 e. The molecule has 0 aromatic heterocycles. The molecule has 0 fully saturated rings. The molecule has 0 aliphatic carbocycles. The Morgan fingerprint density at radius 1 is 0.304 bits per heavy atom. The SMILES string of the molecule is CC/C=C\C/C=C\C/C=C\C/C=C\C/C=C\CCCCCCCCCCCC(=O)OCC(COC(=O)CCCCCCCCCCCCCCC)OC(=O)CC/C=C\C/C=C\C/C=C\C/C=C\CC. The van der Waals surface area contributed by atoms with Crippen LogP contribution in [0.5, 0.6) is 0 Å². The Kier molecular flexibility index (Phi) is 53.4. The summed E-state index contributed by atoms with van der Waals surface area (Å²) in [5.74, 6) is -0.996. The quantitative estimate of drug-likeness (QED) is 0.0262. The van der Waals surface area contributed by atoms with E-state index in [1.165, 1.54) is 103 Å². The van der Waals surface area contributed by atoms with Crippen LogP contribution in [0.1, 0.15) is 252 Å². The number of esters is 3. The molecule has 0 amide bonds. The van der Waals surface area contributed by atoms with E-state index in [1.54, 1.807) is 0 Å². The third-order valence-corrected chi connectivity index (χ3v) is 11.8. The molecule has 0 saturated heterocycles. The highest BCUT2D eigenvalue weighted by Crippen LogP contribution is 2.15. The van der Waals surface area contributed by atoms with Gasteiger partial charge in [0.2, 0.25) is 0 Å².